The fourth-order valence-electron chi connectivity index (χ4n) is 2.23. The van der Waals surface area contributed by atoms with Crippen LogP contribution in [0, 0.1) is 0 Å². The van der Waals surface area contributed by atoms with E-state index in [0.717, 1.165) is 4.90 Å². The zero-order valence-corrected chi connectivity index (χ0v) is 13.9. The Kier molecular flexibility index (Phi) is 8.59. The molecule has 9 heteroatoms. The molecule has 0 radical (unpaired) electrons. The van der Waals surface area contributed by atoms with Crippen molar-refractivity contribution in [3.63, 3.8) is 0 Å². The SMILES string of the molecule is CCOC(=O)CN1CCC(=O)OCN(C(=O)O)CCCCCC1=O. The molecule has 0 unspecified atom stereocenters. The van der Waals surface area contributed by atoms with Crippen LogP contribution in [-0.4, -0.2) is 71.8 Å². The third-order valence-corrected chi connectivity index (χ3v) is 3.53. The Morgan fingerprint density at radius 1 is 1.17 bits per heavy atom. The highest BCUT2D eigenvalue weighted by Crippen LogP contribution is 2.08. The van der Waals surface area contributed by atoms with E-state index in [9.17, 15) is 19.2 Å². The van der Waals surface area contributed by atoms with Crippen molar-refractivity contribution >= 4 is 23.9 Å². The molecular weight excluding hydrogens is 320 g/mol. The van der Waals surface area contributed by atoms with Crippen molar-refractivity contribution in [2.24, 2.45) is 0 Å². The number of hydrogen-bond donors (Lipinski definition) is 1. The monoisotopic (exact) mass is 344 g/mol. The first-order valence-corrected chi connectivity index (χ1v) is 8.01. The normalized spacial score (nSPS) is 18.0. The first kappa shape index (κ1) is 19.7. The molecule has 1 aliphatic heterocycles. The first-order chi connectivity index (χ1) is 11.4. The number of hydrogen-bond acceptors (Lipinski definition) is 6. The number of esters is 2. The van der Waals surface area contributed by atoms with Crippen molar-refractivity contribution in [2.75, 3.05) is 33.0 Å². The van der Waals surface area contributed by atoms with Gasteiger partial charge in [0.2, 0.25) is 5.91 Å². The van der Waals surface area contributed by atoms with E-state index < -0.39 is 18.0 Å². The fourth-order valence-corrected chi connectivity index (χ4v) is 2.23. The number of amides is 2. The van der Waals surface area contributed by atoms with Crippen molar-refractivity contribution in [2.45, 2.75) is 39.0 Å². The standard InChI is InChI=1S/C15H24N2O7/c1-2-23-14(20)10-16-9-7-13(19)24-11-17(15(21)22)8-5-3-4-6-12(16)18/h2-11H2,1H3,(H,21,22). The second-order valence-electron chi connectivity index (χ2n) is 5.37. The summed E-state index contributed by atoms with van der Waals surface area (Å²) in [5.41, 5.74) is 0. The maximum atomic E-state index is 12.2. The molecule has 0 spiro atoms. The van der Waals surface area contributed by atoms with Gasteiger partial charge in [-0.25, -0.2) is 4.79 Å². The van der Waals surface area contributed by atoms with Crippen molar-refractivity contribution in [3.8, 4) is 0 Å². The summed E-state index contributed by atoms with van der Waals surface area (Å²) in [6, 6.07) is 0. The van der Waals surface area contributed by atoms with Crippen molar-refractivity contribution in [1.82, 2.24) is 9.80 Å². The molecule has 0 aromatic carbocycles. The molecule has 1 saturated heterocycles. The maximum absolute atomic E-state index is 12.2. The molecule has 2 amide bonds. The molecule has 1 fully saturated rings. The molecule has 0 aliphatic carbocycles. The number of carbonyl (C=O) groups is 4. The van der Waals surface area contributed by atoms with E-state index in [0.29, 0.717) is 19.3 Å². The summed E-state index contributed by atoms with van der Waals surface area (Å²) in [4.78, 5) is 48.9. The Labute approximate surface area is 140 Å². The summed E-state index contributed by atoms with van der Waals surface area (Å²) >= 11 is 0. The minimum atomic E-state index is -1.15. The van der Waals surface area contributed by atoms with Crippen LogP contribution in [-0.2, 0) is 23.9 Å². The number of ether oxygens (including phenoxy) is 2. The van der Waals surface area contributed by atoms with Gasteiger partial charge in [-0.1, -0.05) is 6.42 Å². The smallest absolute Gasteiger partial charge is 0.409 e. The molecule has 24 heavy (non-hydrogen) atoms. The molecule has 0 aromatic rings. The summed E-state index contributed by atoms with van der Waals surface area (Å²) < 4.78 is 9.75. The van der Waals surface area contributed by atoms with Crippen LogP contribution >= 0.6 is 0 Å². The molecule has 0 aromatic heterocycles. The highest BCUT2D eigenvalue weighted by molar-refractivity contribution is 5.82. The lowest BCUT2D eigenvalue weighted by atomic mass is 10.1. The lowest BCUT2D eigenvalue weighted by Gasteiger charge is -2.21. The van der Waals surface area contributed by atoms with Gasteiger partial charge in [0.15, 0.2) is 6.73 Å². The quantitative estimate of drug-likeness (QED) is 0.754. The lowest BCUT2D eigenvalue weighted by molar-refractivity contribution is -0.152. The average molecular weight is 344 g/mol. The third-order valence-electron chi connectivity index (χ3n) is 3.53. The van der Waals surface area contributed by atoms with Crippen LogP contribution in [0.5, 0.6) is 0 Å². The van der Waals surface area contributed by atoms with Crippen LogP contribution in [0.25, 0.3) is 0 Å². The molecule has 0 saturated carbocycles. The zero-order chi connectivity index (χ0) is 17.9. The minimum absolute atomic E-state index is 0.0313. The van der Waals surface area contributed by atoms with Crippen LogP contribution in [0.3, 0.4) is 0 Å². The molecule has 1 N–H and O–H groups in total. The van der Waals surface area contributed by atoms with Gasteiger partial charge in [-0.15, -0.1) is 0 Å². The van der Waals surface area contributed by atoms with E-state index >= 15 is 0 Å². The molecule has 0 bridgehead atoms. The summed E-state index contributed by atoms with van der Waals surface area (Å²) in [6.45, 7) is 1.62. The summed E-state index contributed by atoms with van der Waals surface area (Å²) in [7, 11) is 0. The van der Waals surface area contributed by atoms with E-state index in [1.807, 2.05) is 0 Å². The van der Waals surface area contributed by atoms with Gasteiger partial charge < -0.3 is 19.5 Å². The van der Waals surface area contributed by atoms with Gasteiger partial charge in [-0.05, 0) is 19.8 Å². The van der Waals surface area contributed by atoms with Crippen molar-refractivity contribution in [1.29, 1.82) is 0 Å². The molecule has 1 heterocycles. The second kappa shape index (κ2) is 10.5. The maximum Gasteiger partial charge on any atom is 0.409 e. The Hall–Kier alpha value is -2.32. The molecule has 1 aliphatic rings. The first-order valence-electron chi connectivity index (χ1n) is 8.01. The highest BCUT2D eigenvalue weighted by Gasteiger charge is 2.21. The Bertz CT molecular complexity index is 467. The predicted molar refractivity (Wildman–Crippen MR) is 82.0 cm³/mol. The van der Waals surface area contributed by atoms with Crippen LogP contribution in [0.1, 0.15) is 39.0 Å². The number of cyclic esters (lactones) is 1. The number of carbonyl (C=O) groups excluding carboxylic acids is 3. The van der Waals surface area contributed by atoms with Gasteiger partial charge in [-0.2, -0.15) is 0 Å². The molecule has 0 atom stereocenters. The largest absolute Gasteiger partial charge is 0.465 e. The van der Waals surface area contributed by atoms with Crippen molar-refractivity contribution in [3.05, 3.63) is 0 Å². The topological polar surface area (TPSA) is 113 Å². The molecule has 1 rings (SSSR count). The van der Waals surface area contributed by atoms with Gasteiger partial charge in [0.1, 0.15) is 6.54 Å². The van der Waals surface area contributed by atoms with Crippen LogP contribution < -0.4 is 0 Å². The Morgan fingerprint density at radius 2 is 1.92 bits per heavy atom. The van der Waals surface area contributed by atoms with Crippen LogP contribution in [0.2, 0.25) is 0 Å². The summed E-state index contributed by atoms with van der Waals surface area (Å²) in [5, 5.41) is 9.04. The van der Waals surface area contributed by atoms with E-state index in [1.54, 1.807) is 6.92 Å². The zero-order valence-electron chi connectivity index (χ0n) is 13.9. The number of rotatable bonds is 3. The Balaban J connectivity index is 2.68. The average Bonchev–Trinajstić information content (AvgIpc) is 2.53. The number of carboxylic acid groups (broad SMARTS) is 1. The van der Waals surface area contributed by atoms with E-state index in [-0.39, 0.29) is 51.7 Å². The van der Waals surface area contributed by atoms with Gasteiger partial charge in [0, 0.05) is 19.5 Å². The van der Waals surface area contributed by atoms with Gasteiger partial charge in [-0.3, -0.25) is 19.3 Å². The highest BCUT2D eigenvalue weighted by atomic mass is 16.6. The Morgan fingerprint density at radius 3 is 2.58 bits per heavy atom. The van der Waals surface area contributed by atoms with E-state index in [1.165, 1.54) is 4.90 Å². The van der Waals surface area contributed by atoms with Crippen LogP contribution in [0.15, 0.2) is 0 Å². The molecular formula is C15H24N2O7. The third kappa shape index (κ3) is 7.30. The number of nitrogens with zero attached hydrogens (tertiary/aromatic N) is 2. The van der Waals surface area contributed by atoms with Gasteiger partial charge in [0.25, 0.3) is 0 Å². The second-order valence-corrected chi connectivity index (χ2v) is 5.37. The lowest BCUT2D eigenvalue weighted by Crippen LogP contribution is -2.38. The minimum Gasteiger partial charge on any atom is -0.465 e. The summed E-state index contributed by atoms with van der Waals surface area (Å²) in [5.74, 6) is -1.38. The van der Waals surface area contributed by atoms with Crippen LogP contribution in [0.4, 0.5) is 4.79 Å². The van der Waals surface area contributed by atoms with E-state index in [4.69, 9.17) is 14.6 Å². The van der Waals surface area contributed by atoms with Gasteiger partial charge in [0.05, 0.1) is 13.0 Å². The summed E-state index contributed by atoms with van der Waals surface area (Å²) in [6.07, 6.45) is 0.782. The van der Waals surface area contributed by atoms with Crippen molar-refractivity contribution < 1.29 is 33.8 Å². The molecule has 136 valence electrons. The molecule has 9 nitrogen and oxygen atoms in total. The van der Waals surface area contributed by atoms with E-state index in [2.05, 4.69) is 0 Å². The fraction of sp³-hybridized carbons (Fsp3) is 0.733. The van der Waals surface area contributed by atoms with Gasteiger partial charge >= 0.3 is 18.0 Å². The predicted octanol–water partition coefficient (Wildman–Crippen LogP) is 0.823.